The summed E-state index contributed by atoms with van der Waals surface area (Å²) < 4.78 is 10.5. The highest BCUT2D eigenvalue weighted by atomic mass is 16.5. The van der Waals surface area contributed by atoms with E-state index in [0.717, 1.165) is 17.7 Å². The van der Waals surface area contributed by atoms with Gasteiger partial charge in [-0.25, -0.2) is 0 Å². The highest BCUT2D eigenvalue weighted by molar-refractivity contribution is 5.75. The summed E-state index contributed by atoms with van der Waals surface area (Å²) in [4.78, 5) is 14.9. The van der Waals surface area contributed by atoms with Crippen molar-refractivity contribution in [1.82, 2.24) is 10.1 Å². The molecule has 1 heterocycles. The van der Waals surface area contributed by atoms with Crippen molar-refractivity contribution in [2.75, 3.05) is 0 Å². The molecule has 0 N–H and O–H groups in total. The van der Waals surface area contributed by atoms with Crippen molar-refractivity contribution < 1.29 is 14.1 Å². The Labute approximate surface area is 111 Å². The van der Waals surface area contributed by atoms with Gasteiger partial charge in [-0.3, -0.25) is 0 Å². The lowest BCUT2D eigenvalue weighted by molar-refractivity contribution is -0.116. The lowest BCUT2D eigenvalue weighted by Gasteiger charge is -2.04. The summed E-state index contributed by atoms with van der Waals surface area (Å²) in [6, 6.07) is 7.66. The number of Topliss-reactive ketones (excluding diaryl/α,β-unsaturated/α-hetero) is 1. The predicted octanol–water partition coefficient (Wildman–Crippen LogP) is 2.48. The molecule has 5 nitrogen and oxygen atoms in total. The second-order valence-electron chi connectivity index (χ2n) is 4.37. The van der Waals surface area contributed by atoms with E-state index >= 15 is 0 Å². The maximum absolute atomic E-state index is 10.9. The zero-order chi connectivity index (χ0) is 13.7. The lowest BCUT2D eigenvalue weighted by Crippen LogP contribution is -1.97. The van der Waals surface area contributed by atoms with E-state index in [-0.39, 0.29) is 12.4 Å². The molecule has 0 unspecified atom stereocenters. The van der Waals surface area contributed by atoms with Gasteiger partial charge in [-0.05, 0) is 38.0 Å². The molecule has 19 heavy (non-hydrogen) atoms. The van der Waals surface area contributed by atoms with Crippen molar-refractivity contribution >= 4 is 5.78 Å². The molecule has 0 atom stereocenters. The van der Waals surface area contributed by atoms with Gasteiger partial charge in [-0.2, -0.15) is 4.98 Å². The number of aryl methyl sites for hydroxylation is 2. The van der Waals surface area contributed by atoms with Gasteiger partial charge in [0.25, 0.3) is 5.89 Å². The van der Waals surface area contributed by atoms with Crippen LogP contribution in [0.2, 0.25) is 0 Å². The Bertz CT molecular complexity index is 546. The van der Waals surface area contributed by atoms with Crippen molar-refractivity contribution in [3.05, 3.63) is 41.5 Å². The van der Waals surface area contributed by atoms with Crippen molar-refractivity contribution in [3.63, 3.8) is 0 Å². The van der Waals surface area contributed by atoms with Crippen LogP contribution in [0.5, 0.6) is 5.75 Å². The topological polar surface area (TPSA) is 65.2 Å². The molecule has 0 amide bonds. The van der Waals surface area contributed by atoms with E-state index in [4.69, 9.17) is 9.26 Å². The van der Waals surface area contributed by atoms with Crippen molar-refractivity contribution in [2.45, 2.75) is 33.3 Å². The summed E-state index contributed by atoms with van der Waals surface area (Å²) in [5, 5.41) is 3.69. The summed E-state index contributed by atoms with van der Waals surface area (Å²) in [5.74, 6) is 1.99. The number of rotatable bonds is 6. The summed E-state index contributed by atoms with van der Waals surface area (Å²) in [5.41, 5.74) is 1.12. The zero-order valence-electron chi connectivity index (χ0n) is 11.0. The highest BCUT2D eigenvalue weighted by Gasteiger charge is 2.03. The molecule has 1 aromatic carbocycles. The molecule has 0 saturated carbocycles. The van der Waals surface area contributed by atoms with Crippen LogP contribution in [0.3, 0.4) is 0 Å². The monoisotopic (exact) mass is 260 g/mol. The van der Waals surface area contributed by atoms with Gasteiger partial charge in [0.1, 0.15) is 11.5 Å². The van der Waals surface area contributed by atoms with Gasteiger partial charge in [0.15, 0.2) is 12.4 Å². The maximum atomic E-state index is 10.9. The van der Waals surface area contributed by atoms with Crippen LogP contribution in [-0.4, -0.2) is 15.9 Å². The number of nitrogens with zero attached hydrogens (tertiary/aromatic N) is 2. The Morgan fingerprint density at radius 2 is 2.05 bits per heavy atom. The van der Waals surface area contributed by atoms with Crippen LogP contribution in [0.25, 0.3) is 0 Å². The first-order valence-corrected chi connectivity index (χ1v) is 6.14. The van der Waals surface area contributed by atoms with E-state index in [1.165, 1.54) is 0 Å². The Morgan fingerprint density at radius 3 is 2.63 bits per heavy atom. The van der Waals surface area contributed by atoms with Crippen molar-refractivity contribution in [3.8, 4) is 5.75 Å². The Balaban J connectivity index is 1.86. The standard InChI is InChI=1S/C14H16N2O3/c1-10(17)3-4-12-5-7-13(8-6-12)18-9-14-15-11(2)16-19-14/h5-8H,3-4,9H2,1-2H3. The molecular formula is C14H16N2O3. The third kappa shape index (κ3) is 4.21. The molecule has 0 saturated heterocycles. The predicted molar refractivity (Wildman–Crippen MR) is 68.8 cm³/mol. The minimum atomic E-state index is 0.201. The maximum Gasteiger partial charge on any atom is 0.264 e. The Morgan fingerprint density at radius 1 is 1.32 bits per heavy atom. The van der Waals surface area contributed by atoms with Crippen LogP contribution in [0.4, 0.5) is 0 Å². The first-order valence-electron chi connectivity index (χ1n) is 6.14. The molecule has 2 rings (SSSR count). The van der Waals surface area contributed by atoms with Gasteiger partial charge in [0.2, 0.25) is 0 Å². The number of ether oxygens (including phenoxy) is 1. The van der Waals surface area contributed by atoms with E-state index in [1.54, 1.807) is 13.8 Å². The third-order valence-electron chi connectivity index (χ3n) is 2.62. The van der Waals surface area contributed by atoms with Gasteiger partial charge >= 0.3 is 0 Å². The summed E-state index contributed by atoms with van der Waals surface area (Å²) >= 11 is 0. The van der Waals surface area contributed by atoms with E-state index in [1.807, 2.05) is 24.3 Å². The number of hydrogen-bond donors (Lipinski definition) is 0. The minimum Gasteiger partial charge on any atom is -0.484 e. The van der Waals surface area contributed by atoms with Crippen LogP contribution in [-0.2, 0) is 17.8 Å². The van der Waals surface area contributed by atoms with Crippen LogP contribution >= 0.6 is 0 Å². The summed E-state index contributed by atoms with van der Waals surface area (Å²) in [6.07, 6.45) is 1.33. The van der Waals surface area contributed by atoms with Gasteiger partial charge in [-0.1, -0.05) is 17.3 Å². The first-order chi connectivity index (χ1) is 9.13. The molecule has 1 aromatic heterocycles. The minimum absolute atomic E-state index is 0.201. The van der Waals surface area contributed by atoms with E-state index in [2.05, 4.69) is 10.1 Å². The number of aromatic nitrogens is 2. The number of ketones is 1. The Hall–Kier alpha value is -2.17. The van der Waals surface area contributed by atoms with E-state index in [0.29, 0.717) is 18.1 Å². The summed E-state index contributed by atoms with van der Waals surface area (Å²) in [6.45, 7) is 3.62. The van der Waals surface area contributed by atoms with E-state index in [9.17, 15) is 4.79 Å². The summed E-state index contributed by atoms with van der Waals surface area (Å²) in [7, 11) is 0. The SMILES string of the molecule is CC(=O)CCc1ccc(OCc2nc(C)no2)cc1. The molecule has 0 bridgehead atoms. The first kappa shape index (κ1) is 13.3. The third-order valence-corrected chi connectivity index (χ3v) is 2.62. The van der Waals surface area contributed by atoms with Gasteiger partial charge in [-0.15, -0.1) is 0 Å². The fourth-order valence-electron chi connectivity index (χ4n) is 1.62. The van der Waals surface area contributed by atoms with Crippen LogP contribution in [0.15, 0.2) is 28.8 Å². The molecule has 0 fully saturated rings. The average Bonchev–Trinajstić information content (AvgIpc) is 2.81. The largest absolute Gasteiger partial charge is 0.484 e. The molecule has 5 heteroatoms. The molecule has 2 aromatic rings. The van der Waals surface area contributed by atoms with Crippen LogP contribution in [0, 0.1) is 6.92 Å². The molecule has 0 aliphatic heterocycles. The molecule has 100 valence electrons. The molecule has 0 radical (unpaired) electrons. The van der Waals surface area contributed by atoms with Crippen molar-refractivity contribution in [1.29, 1.82) is 0 Å². The second kappa shape index (κ2) is 6.13. The van der Waals surface area contributed by atoms with Gasteiger partial charge in [0.05, 0.1) is 0 Å². The van der Waals surface area contributed by atoms with E-state index < -0.39 is 0 Å². The molecule has 0 aliphatic carbocycles. The Kier molecular flexibility index (Phi) is 4.28. The molecular weight excluding hydrogens is 244 g/mol. The smallest absolute Gasteiger partial charge is 0.264 e. The fourth-order valence-corrected chi connectivity index (χ4v) is 1.62. The van der Waals surface area contributed by atoms with Crippen LogP contribution in [0.1, 0.15) is 30.6 Å². The normalized spacial score (nSPS) is 10.4. The number of carbonyl (C=O) groups excluding carboxylic acids is 1. The molecule has 0 spiro atoms. The fraction of sp³-hybridized carbons (Fsp3) is 0.357. The quantitative estimate of drug-likeness (QED) is 0.798. The number of hydrogen-bond acceptors (Lipinski definition) is 5. The van der Waals surface area contributed by atoms with Gasteiger partial charge in [0, 0.05) is 6.42 Å². The molecule has 0 aliphatic rings. The van der Waals surface area contributed by atoms with Crippen molar-refractivity contribution in [2.24, 2.45) is 0 Å². The zero-order valence-corrected chi connectivity index (χ0v) is 11.0. The van der Waals surface area contributed by atoms with Crippen LogP contribution < -0.4 is 4.74 Å². The second-order valence-corrected chi connectivity index (χ2v) is 4.37. The average molecular weight is 260 g/mol. The lowest BCUT2D eigenvalue weighted by atomic mass is 10.1. The highest BCUT2D eigenvalue weighted by Crippen LogP contribution is 2.15. The number of benzene rings is 1. The van der Waals surface area contributed by atoms with Gasteiger partial charge < -0.3 is 14.1 Å². The number of carbonyl (C=O) groups is 1.